The summed E-state index contributed by atoms with van der Waals surface area (Å²) in [6.45, 7) is 6.02. The molecule has 1 aliphatic rings. The Hall–Kier alpha value is -1.00. The molecule has 2 unspecified atom stereocenters. The molecule has 1 saturated heterocycles. The van der Waals surface area contributed by atoms with Gasteiger partial charge < -0.3 is 15.1 Å². The van der Waals surface area contributed by atoms with Crippen molar-refractivity contribution >= 4 is 18.3 Å². The van der Waals surface area contributed by atoms with Gasteiger partial charge in [-0.2, -0.15) is 0 Å². The van der Waals surface area contributed by atoms with Gasteiger partial charge in [-0.3, -0.25) is 4.79 Å². The number of amides is 1. The van der Waals surface area contributed by atoms with E-state index in [1.54, 1.807) is 6.26 Å². The van der Waals surface area contributed by atoms with Gasteiger partial charge in [0.15, 0.2) is 5.76 Å². The van der Waals surface area contributed by atoms with Crippen LogP contribution in [0, 0.1) is 12.8 Å². The average Bonchev–Trinajstić information content (AvgIpc) is 2.76. The molecule has 102 valence electrons. The van der Waals surface area contributed by atoms with Crippen molar-refractivity contribution < 1.29 is 9.21 Å². The standard InChI is InChI=1S/C13H20N2O2.ClH/c1-9-5-7-17-12(9)13(16)15-10(2)11-4-3-6-14-8-11;/h5,7,10-11,14H,3-4,6,8H2,1-2H3,(H,15,16);1H. The van der Waals surface area contributed by atoms with Gasteiger partial charge in [0, 0.05) is 11.6 Å². The number of carbonyl (C=O) groups excluding carboxylic acids is 1. The van der Waals surface area contributed by atoms with Crippen LogP contribution in [0.25, 0.3) is 0 Å². The third-order valence-electron chi connectivity index (χ3n) is 3.47. The number of halogens is 1. The third kappa shape index (κ3) is 3.50. The number of piperidine rings is 1. The molecule has 2 rings (SSSR count). The van der Waals surface area contributed by atoms with E-state index in [0.717, 1.165) is 18.7 Å². The zero-order chi connectivity index (χ0) is 12.3. The fourth-order valence-electron chi connectivity index (χ4n) is 2.30. The van der Waals surface area contributed by atoms with E-state index in [4.69, 9.17) is 4.42 Å². The largest absolute Gasteiger partial charge is 0.459 e. The first-order valence-electron chi connectivity index (χ1n) is 6.24. The van der Waals surface area contributed by atoms with Crippen molar-refractivity contribution in [2.24, 2.45) is 5.92 Å². The molecule has 0 radical (unpaired) electrons. The van der Waals surface area contributed by atoms with Gasteiger partial charge >= 0.3 is 0 Å². The van der Waals surface area contributed by atoms with Crippen molar-refractivity contribution in [1.29, 1.82) is 0 Å². The molecule has 1 fully saturated rings. The number of hydrogen-bond acceptors (Lipinski definition) is 3. The fraction of sp³-hybridized carbons (Fsp3) is 0.615. The van der Waals surface area contributed by atoms with Crippen LogP contribution < -0.4 is 10.6 Å². The summed E-state index contributed by atoms with van der Waals surface area (Å²) in [6.07, 6.45) is 3.91. The second kappa shape index (κ2) is 6.81. The van der Waals surface area contributed by atoms with E-state index in [2.05, 4.69) is 17.6 Å². The molecular formula is C13H21ClN2O2. The van der Waals surface area contributed by atoms with Crippen molar-refractivity contribution in [3.8, 4) is 0 Å². The Morgan fingerprint density at radius 1 is 1.61 bits per heavy atom. The van der Waals surface area contributed by atoms with Gasteiger partial charge in [-0.05, 0) is 51.8 Å². The molecule has 0 saturated carbocycles. The first kappa shape index (κ1) is 15.1. The SMILES string of the molecule is Cc1ccoc1C(=O)NC(C)C1CCCNC1.Cl. The van der Waals surface area contributed by atoms with Crippen molar-refractivity contribution in [3.63, 3.8) is 0 Å². The lowest BCUT2D eigenvalue weighted by molar-refractivity contribution is 0.0893. The van der Waals surface area contributed by atoms with Gasteiger partial charge in [0.2, 0.25) is 0 Å². The highest BCUT2D eigenvalue weighted by atomic mass is 35.5. The molecule has 1 aromatic heterocycles. The molecule has 1 aromatic rings. The zero-order valence-electron chi connectivity index (χ0n) is 10.9. The van der Waals surface area contributed by atoms with Gasteiger partial charge in [-0.1, -0.05) is 0 Å². The normalized spacial score (nSPS) is 20.9. The lowest BCUT2D eigenvalue weighted by atomic mass is 9.93. The Labute approximate surface area is 114 Å². The maximum absolute atomic E-state index is 12.0. The number of carbonyl (C=O) groups is 1. The van der Waals surface area contributed by atoms with Crippen LogP contribution in [-0.2, 0) is 0 Å². The highest BCUT2D eigenvalue weighted by Gasteiger charge is 2.23. The third-order valence-corrected chi connectivity index (χ3v) is 3.47. The molecule has 1 aliphatic heterocycles. The average molecular weight is 273 g/mol. The van der Waals surface area contributed by atoms with Crippen molar-refractivity contribution in [2.75, 3.05) is 13.1 Å². The minimum absolute atomic E-state index is 0. The Morgan fingerprint density at radius 3 is 2.94 bits per heavy atom. The van der Waals surface area contributed by atoms with Gasteiger partial charge in [-0.25, -0.2) is 0 Å². The number of aryl methyl sites for hydroxylation is 1. The fourth-order valence-corrected chi connectivity index (χ4v) is 2.30. The van der Waals surface area contributed by atoms with E-state index in [-0.39, 0.29) is 24.4 Å². The highest BCUT2D eigenvalue weighted by Crippen LogP contribution is 2.15. The zero-order valence-corrected chi connectivity index (χ0v) is 11.7. The summed E-state index contributed by atoms with van der Waals surface area (Å²) in [5, 5.41) is 6.38. The maximum Gasteiger partial charge on any atom is 0.287 e. The van der Waals surface area contributed by atoms with Crippen LogP contribution in [0.5, 0.6) is 0 Å². The van der Waals surface area contributed by atoms with Crippen LogP contribution in [0.4, 0.5) is 0 Å². The second-order valence-electron chi connectivity index (χ2n) is 4.80. The van der Waals surface area contributed by atoms with Crippen LogP contribution in [-0.4, -0.2) is 25.0 Å². The summed E-state index contributed by atoms with van der Waals surface area (Å²) < 4.78 is 5.19. The molecule has 0 spiro atoms. The highest BCUT2D eigenvalue weighted by molar-refractivity contribution is 5.92. The lowest BCUT2D eigenvalue weighted by Crippen LogP contribution is -2.44. The van der Waals surface area contributed by atoms with Crippen molar-refractivity contribution in [3.05, 3.63) is 23.7 Å². The van der Waals surface area contributed by atoms with E-state index >= 15 is 0 Å². The predicted molar refractivity (Wildman–Crippen MR) is 73.2 cm³/mol. The number of hydrogen-bond donors (Lipinski definition) is 2. The summed E-state index contributed by atoms with van der Waals surface area (Å²) in [5.74, 6) is 0.842. The Balaban J connectivity index is 0.00000162. The molecule has 18 heavy (non-hydrogen) atoms. The quantitative estimate of drug-likeness (QED) is 0.886. The minimum atomic E-state index is -0.106. The molecule has 2 N–H and O–H groups in total. The van der Waals surface area contributed by atoms with E-state index in [0.29, 0.717) is 11.7 Å². The summed E-state index contributed by atoms with van der Waals surface area (Å²) in [7, 11) is 0. The maximum atomic E-state index is 12.0. The Bertz CT molecular complexity index is 386. The molecule has 0 aliphatic carbocycles. The summed E-state index contributed by atoms with van der Waals surface area (Å²) in [6, 6.07) is 1.99. The molecule has 4 nitrogen and oxygen atoms in total. The van der Waals surface area contributed by atoms with Crippen LogP contribution in [0.2, 0.25) is 0 Å². The van der Waals surface area contributed by atoms with Crippen molar-refractivity contribution in [1.82, 2.24) is 10.6 Å². The smallest absolute Gasteiger partial charge is 0.287 e. The van der Waals surface area contributed by atoms with E-state index in [1.807, 2.05) is 13.0 Å². The Morgan fingerprint density at radius 2 is 2.39 bits per heavy atom. The summed E-state index contributed by atoms with van der Waals surface area (Å²) in [4.78, 5) is 12.0. The number of nitrogens with one attached hydrogen (secondary N) is 2. The predicted octanol–water partition coefficient (Wildman–Crippen LogP) is 2.13. The lowest BCUT2D eigenvalue weighted by Gasteiger charge is -2.28. The van der Waals surface area contributed by atoms with Crippen LogP contribution in [0.15, 0.2) is 16.7 Å². The van der Waals surface area contributed by atoms with E-state index in [9.17, 15) is 4.79 Å². The second-order valence-corrected chi connectivity index (χ2v) is 4.80. The molecule has 2 atom stereocenters. The van der Waals surface area contributed by atoms with E-state index in [1.165, 1.54) is 12.8 Å². The molecule has 0 bridgehead atoms. The molecule has 0 aromatic carbocycles. The minimum Gasteiger partial charge on any atom is -0.459 e. The topological polar surface area (TPSA) is 54.3 Å². The van der Waals surface area contributed by atoms with Crippen LogP contribution in [0.1, 0.15) is 35.9 Å². The van der Waals surface area contributed by atoms with Gasteiger partial charge in [-0.15, -0.1) is 12.4 Å². The molecule has 1 amide bonds. The number of rotatable bonds is 3. The summed E-state index contributed by atoms with van der Waals surface area (Å²) >= 11 is 0. The van der Waals surface area contributed by atoms with Gasteiger partial charge in [0.05, 0.1) is 6.26 Å². The Kier molecular flexibility index (Phi) is 5.69. The molecule has 5 heteroatoms. The van der Waals surface area contributed by atoms with Crippen molar-refractivity contribution in [2.45, 2.75) is 32.7 Å². The molecule has 2 heterocycles. The van der Waals surface area contributed by atoms with Crippen LogP contribution >= 0.6 is 12.4 Å². The monoisotopic (exact) mass is 272 g/mol. The number of furan rings is 1. The summed E-state index contributed by atoms with van der Waals surface area (Å²) in [5.41, 5.74) is 0.886. The first-order chi connectivity index (χ1) is 8.18. The van der Waals surface area contributed by atoms with Crippen LogP contribution in [0.3, 0.4) is 0 Å². The van der Waals surface area contributed by atoms with Gasteiger partial charge in [0.1, 0.15) is 0 Å². The first-order valence-corrected chi connectivity index (χ1v) is 6.24. The van der Waals surface area contributed by atoms with Gasteiger partial charge in [0.25, 0.3) is 5.91 Å². The van der Waals surface area contributed by atoms with E-state index < -0.39 is 0 Å². The molecular weight excluding hydrogens is 252 g/mol.